The Bertz CT molecular complexity index is 2120. The van der Waals surface area contributed by atoms with Gasteiger partial charge in [0.2, 0.25) is 0 Å². The van der Waals surface area contributed by atoms with Gasteiger partial charge >= 0.3 is 0 Å². The second-order valence-corrected chi connectivity index (χ2v) is 9.80. The van der Waals surface area contributed by atoms with Gasteiger partial charge in [-0.3, -0.25) is 4.57 Å². The molecule has 0 bridgehead atoms. The molecule has 0 amide bonds. The fraction of sp³-hybridized carbons (Fsp3) is 0.0571. The number of aryl methyl sites for hydroxylation is 1. The molecule has 0 fully saturated rings. The molecule has 0 spiro atoms. The van der Waals surface area contributed by atoms with Crippen LogP contribution in [-0.2, 0) is 6.42 Å². The summed E-state index contributed by atoms with van der Waals surface area (Å²) < 4.78 is 8.66. The molecule has 0 saturated heterocycles. The summed E-state index contributed by atoms with van der Waals surface area (Å²) in [7, 11) is 0. The van der Waals surface area contributed by atoms with Crippen molar-refractivity contribution in [1.82, 2.24) is 9.55 Å². The van der Waals surface area contributed by atoms with E-state index in [0.717, 1.165) is 45.2 Å². The number of imidazole rings is 1. The van der Waals surface area contributed by atoms with Crippen LogP contribution in [0.5, 0.6) is 0 Å². The number of hydrogen-bond donors (Lipinski definition) is 0. The van der Waals surface area contributed by atoms with Crippen LogP contribution >= 0.6 is 0 Å². The van der Waals surface area contributed by atoms with E-state index >= 15 is 0 Å². The molecule has 0 aliphatic rings. The Labute approximate surface area is 219 Å². The van der Waals surface area contributed by atoms with Crippen molar-refractivity contribution in [2.45, 2.75) is 13.3 Å². The van der Waals surface area contributed by atoms with Gasteiger partial charge in [-0.05, 0) is 46.2 Å². The quantitative estimate of drug-likeness (QED) is 0.232. The third-order valence-corrected chi connectivity index (χ3v) is 7.75. The van der Waals surface area contributed by atoms with Gasteiger partial charge in [0, 0.05) is 28.0 Å². The lowest BCUT2D eigenvalue weighted by Crippen LogP contribution is -2.03. The summed E-state index contributed by atoms with van der Waals surface area (Å²) in [4.78, 5) is 5.02. The minimum atomic E-state index is 0.847. The predicted octanol–water partition coefficient (Wildman–Crippen LogP) is 9.46. The summed E-state index contributed by atoms with van der Waals surface area (Å²) in [5, 5.41) is 7.17. The molecular weight excluding hydrogens is 464 g/mol. The van der Waals surface area contributed by atoms with Gasteiger partial charge in [0.15, 0.2) is 0 Å². The highest BCUT2D eigenvalue weighted by Crippen LogP contribution is 2.45. The number of aromatic nitrogens is 2. The van der Waals surface area contributed by atoms with Crippen molar-refractivity contribution in [2.24, 2.45) is 0 Å². The van der Waals surface area contributed by atoms with Crippen molar-refractivity contribution in [1.29, 1.82) is 0 Å². The smallest absolute Gasteiger partial charge is 0.136 e. The minimum Gasteiger partial charge on any atom is -0.456 e. The maximum absolute atomic E-state index is 6.29. The van der Waals surface area contributed by atoms with E-state index in [2.05, 4.69) is 121 Å². The molecule has 0 radical (unpaired) electrons. The number of fused-ring (bicyclic) bond motifs is 6. The molecule has 0 saturated carbocycles. The summed E-state index contributed by atoms with van der Waals surface area (Å²) in [6.07, 6.45) is 0.847. The first-order valence-corrected chi connectivity index (χ1v) is 13.1. The molecule has 0 N–H and O–H groups in total. The highest BCUT2D eigenvalue weighted by atomic mass is 16.3. The van der Waals surface area contributed by atoms with Crippen LogP contribution in [0.1, 0.15) is 12.7 Å². The van der Waals surface area contributed by atoms with Crippen LogP contribution in [0.15, 0.2) is 120 Å². The SMILES string of the molecule is CCc1nc2ccccc2n1-c1c2ccccc2c(-c2cccc3oc4ccccc4c23)c2ccccc12. The van der Waals surface area contributed by atoms with Crippen molar-refractivity contribution in [3.63, 3.8) is 0 Å². The number of furan rings is 1. The number of nitrogens with zero attached hydrogens (tertiary/aromatic N) is 2. The standard InChI is InChI=1S/C35H24N2O/c1-2-32-36-28-18-8-9-19-29(28)37(32)35-24-14-5-3-12-22(24)33(23-13-4-6-15-25(23)35)27-17-11-21-31-34(27)26-16-7-10-20-30(26)38-31/h3-21H,2H2,1H3. The van der Waals surface area contributed by atoms with E-state index in [1.165, 1.54) is 38.4 Å². The van der Waals surface area contributed by atoms with E-state index < -0.39 is 0 Å². The van der Waals surface area contributed by atoms with Crippen LogP contribution < -0.4 is 0 Å². The molecule has 3 nitrogen and oxygen atoms in total. The molecule has 2 aromatic heterocycles. The maximum atomic E-state index is 6.29. The van der Waals surface area contributed by atoms with Crippen molar-refractivity contribution in [2.75, 3.05) is 0 Å². The van der Waals surface area contributed by atoms with Crippen LogP contribution in [0.4, 0.5) is 0 Å². The first kappa shape index (κ1) is 21.2. The molecule has 2 heterocycles. The van der Waals surface area contributed by atoms with E-state index in [1.54, 1.807) is 0 Å². The number of hydrogen-bond acceptors (Lipinski definition) is 2. The first-order chi connectivity index (χ1) is 18.8. The third-order valence-electron chi connectivity index (χ3n) is 7.75. The van der Waals surface area contributed by atoms with E-state index in [0.29, 0.717) is 0 Å². The maximum Gasteiger partial charge on any atom is 0.136 e. The summed E-state index contributed by atoms with van der Waals surface area (Å²) in [6.45, 7) is 2.18. The summed E-state index contributed by atoms with van der Waals surface area (Å²) in [5.41, 5.74) is 7.60. The monoisotopic (exact) mass is 488 g/mol. The number of para-hydroxylation sites is 3. The zero-order chi connectivity index (χ0) is 25.2. The molecule has 8 rings (SSSR count). The van der Waals surface area contributed by atoms with Crippen LogP contribution in [0.2, 0.25) is 0 Å². The lowest BCUT2D eigenvalue weighted by molar-refractivity contribution is 0.669. The average Bonchev–Trinajstić information content (AvgIpc) is 3.54. The molecule has 3 heteroatoms. The highest BCUT2D eigenvalue weighted by Gasteiger charge is 2.22. The van der Waals surface area contributed by atoms with Crippen LogP contribution in [-0.4, -0.2) is 9.55 Å². The summed E-state index contributed by atoms with van der Waals surface area (Å²) in [5.74, 6) is 1.07. The molecule has 0 atom stereocenters. The van der Waals surface area contributed by atoms with E-state index in [4.69, 9.17) is 9.40 Å². The Morgan fingerprint density at radius 1 is 0.605 bits per heavy atom. The van der Waals surface area contributed by atoms with Crippen molar-refractivity contribution in [3.05, 3.63) is 121 Å². The van der Waals surface area contributed by atoms with Crippen molar-refractivity contribution < 1.29 is 4.42 Å². The zero-order valence-corrected chi connectivity index (χ0v) is 21.0. The Morgan fingerprint density at radius 3 is 1.95 bits per heavy atom. The average molecular weight is 489 g/mol. The van der Waals surface area contributed by atoms with E-state index in [1.807, 2.05) is 6.07 Å². The first-order valence-electron chi connectivity index (χ1n) is 13.1. The molecule has 0 aliphatic carbocycles. The van der Waals surface area contributed by atoms with Gasteiger partial charge in [-0.25, -0.2) is 4.98 Å². The fourth-order valence-corrected chi connectivity index (χ4v) is 6.18. The molecule has 180 valence electrons. The Kier molecular flexibility index (Phi) is 4.50. The second kappa shape index (κ2) is 8.06. The van der Waals surface area contributed by atoms with Crippen molar-refractivity contribution in [3.8, 4) is 16.8 Å². The van der Waals surface area contributed by atoms with Gasteiger partial charge in [0.05, 0.1) is 16.7 Å². The fourth-order valence-electron chi connectivity index (χ4n) is 6.18. The second-order valence-electron chi connectivity index (χ2n) is 9.80. The molecular formula is C35H24N2O. The zero-order valence-electron chi connectivity index (χ0n) is 21.0. The van der Waals surface area contributed by atoms with Crippen molar-refractivity contribution >= 4 is 54.5 Å². The van der Waals surface area contributed by atoms with Gasteiger partial charge in [-0.2, -0.15) is 0 Å². The summed E-state index contributed by atoms with van der Waals surface area (Å²) >= 11 is 0. The normalized spacial score (nSPS) is 11.9. The predicted molar refractivity (Wildman–Crippen MR) is 158 cm³/mol. The minimum absolute atomic E-state index is 0.847. The Balaban J connectivity index is 1.59. The van der Waals surface area contributed by atoms with E-state index in [9.17, 15) is 0 Å². The van der Waals surface area contributed by atoms with Gasteiger partial charge in [-0.1, -0.05) is 97.9 Å². The lowest BCUT2D eigenvalue weighted by Gasteiger charge is -2.20. The molecule has 0 unspecified atom stereocenters. The highest BCUT2D eigenvalue weighted by molar-refractivity contribution is 6.24. The van der Waals surface area contributed by atoms with Gasteiger partial charge in [-0.15, -0.1) is 0 Å². The summed E-state index contributed by atoms with van der Waals surface area (Å²) in [6, 6.07) is 40.8. The Morgan fingerprint density at radius 2 is 1.21 bits per heavy atom. The topological polar surface area (TPSA) is 31.0 Å². The van der Waals surface area contributed by atoms with Crippen LogP contribution in [0.3, 0.4) is 0 Å². The third kappa shape index (κ3) is 2.87. The Hall–Kier alpha value is -4.89. The van der Waals surface area contributed by atoms with Gasteiger partial charge in [0.1, 0.15) is 17.0 Å². The molecule has 38 heavy (non-hydrogen) atoms. The van der Waals surface area contributed by atoms with Gasteiger partial charge < -0.3 is 4.42 Å². The molecule has 0 aliphatic heterocycles. The largest absolute Gasteiger partial charge is 0.456 e. The molecule has 6 aromatic carbocycles. The van der Waals surface area contributed by atoms with Gasteiger partial charge in [0.25, 0.3) is 0 Å². The lowest BCUT2D eigenvalue weighted by atomic mass is 9.88. The number of benzene rings is 6. The van der Waals surface area contributed by atoms with Crippen LogP contribution in [0.25, 0.3) is 71.3 Å². The molecule has 8 aromatic rings. The van der Waals surface area contributed by atoms with Crippen LogP contribution in [0, 0.1) is 0 Å². The van der Waals surface area contributed by atoms with E-state index in [-0.39, 0.29) is 0 Å². The number of rotatable bonds is 3.